The molecule has 0 aliphatic rings. The molecule has 2 heterocycles. The molecule has 1 amide bonds. The van der Waals surface area contributed by atoms with E-state index in [1.165, 1.54) is 0 Å². The summed E-state index contributed by atoms with van der Waals surface area (Å²) >= 11 is 0. The minimum Gasteiger partial charge on any atom is -0.496 e. The number of anilines is 3. The Kier molecular flexibility index (Phi) is 5.61. The summed E-state index contributed by atoms with van der Waals surface area (Å²) < 4.78 is 5.24. The van der Waals surface area contributed by atoms with E-state index in [0.29, 0.717) is 22.9 Å². The van der Waals surface area contributed by atoms with Gasteiger partial charge < -0.3 is 15.4 Å². The predicted octanol–water partition coefficient (Wildman–Crippen LogP) is 4.54. The van der Waals surface area contributed by atoms with Gasteiger partial charge in [-0.3, -0.25) is 9.78 Å². The van der Waals surface area contributed by atoms with Crippen molar-refractivity contribution >= 4 is 23.2 Å². The van der Waals surface area contributed by atoms with Gasteiger partial charge in [0.1, 0.15) is 5.75 Å². The van der Waals surface area contributed by atoms with Crippen LogP contribution in [0.5, 0.6) is 5.75 Å². The van der Waals surface area contributed by atoms with E-state index in [9.17, 15) is 4.79 Å². The lowest BCUT2D eigenvalue weighted by molar-refractivity contribution is 0.102. The normalized spacial score (nSPS) is 10.3. The summed E-state index contributed by atoms with van der Waals surface area (Å²) in [7, 11) is 1.54. The molecule has 7 heteroatoms. The van der Waals surface area contributed by atoms with Gasteiger partial charge in [0, 0.05) is 35.5 Å². The zero-order chi connectivity index (χ0) is 20.8. The molecular formula is C23H19N5O2. The molecule has 4 aromatic rings. The summed E-state index contributed by atoms with van der Waals surface area (Å²) in [6.07, 6.45) is 5.15. The number of nitrogens with zero attached hydrogens (tertiary/aromatic N) is 3. The number of pyridine rings is 1. The fraction of sp³-hybridized carbons (Fsp3) is 0.0435. The van der Waals surface area contributed by atoms with Gasteiger partial charge in [-0.1, -0.05) is 12.1 Å². The molecule has 4 rings (SSSR count). The third-order valence-electron chi connectivity index (χ3n) is 4.38. The van der Waals surface area contributed by atoms with Crippen molar-refractivity contribution in [2.24, 2.45) is 0 Å². The van der Waals surface area contributed by atoms with Crippen molar-refractivity contribution in [1.29, 1.82) is 0 Å². The number of carbonyl (C=O) groups is 1. The fourth-order valence-corrected chi connectivity index (χ4v) is 2.90. The van der Waals surface area contributed by atoms with Crippen LogP contribution in [0.3, 0.4) is 0 Å². The summed E-state index contributed by atoms with van der Waals surface area (Å²) in [5.41, 5.74) is 3.71. The number of para-hydroxylation sites is 1. The van der Waals surface area contributed by atoms with Crippen LogP contribution in [0.1, 0.15) is 10.4 Å². The molecule has 2 aromatic heterocycles. The molecule has 0 fully saturated rings. The first-order valence-corrected chi connectivity index (χ1v) is 9.28. The van der Waals surface area contributed by atoms with Gasteiger partial charge in [-0.05, 0) is 54.6 Å². The first kappa shape index (κ1) is 19.1. The molecule has 0 aliphatic heterocycles. The molecule has 2 N–H and O–H groups in total. The number of hydrogen-bond acceptors (Lipinski definition) is 6. The minimum atomic E-state index is -0.235. The van der Waals surface area contributed by atoms with E-state index in [4.69, 9.17) is 4.74 Å². The van der Waals surface area contributed by atoms with Crippen molar-refractivity contribution in [3.63, 3.8) is 0 Å². The molecule has 0 spiro atoms. The van der Waals surface area contributed by atoms with Crippen LogP contribution in [0, 0.1) is 0 Å². The zero-order valence-corrected chi connectivity index (χ0v) is 16.2. The Morgan fingerprint density at radius 1 is 0.867 bits per heavy atom. The third kappa shape index (κ3) is 4.41. The van der Waals surface area contributed by atoms with Gasteiger partial charge in [0.25, 0.3) is 5.91 Å². The number of amides is 1. The summed E-state index contributed by atoms with van der Waals surface area (Å²) in [6.45, 7) is 0. The summed E-state index contributed by atoms with van der Waals surface area (Å²) in [6, 6.07) is 20.0. The molecule has 0 saturated carbocycles. The Bertz CT molecular complexity index is 1150. The van der Waals surface area contributed by atoms with Crippen molar-refractivity contribution in [3.05, 3.63) is 90.9 Å². The molecule has 0 radical (unpaired) electrons. The van der Waals surface area contributed by atoms with Crippen molar-refractivity contribution in [3.8, 4) is 17.0 Å². The second-order valence-corrected chi connectivity index (χ2v) is 6.36. The van der Waals surface area contributed by atoms with E-state index >= 15 is 0 Å². The van der Waals surface area contributed by atoms with Gasteiger partial charge in [-0.25, -0.2) is 9.97 Å². The van der Waals surface area contributed by atoms with Gasteiger partial charge in [0.2, 0.25) is 5.95 Å². The second-order valence-electron chi connectivity index (χ2n) is 6.36. The van der Waals surface area contributed by atoms with Crippen LogP contribution in [0.15, 0.2) is 85.3 Å². The molecular weight excluding hydrogens is 378 g/mol. The lowest BCUT2D eigenvalue weighted by Crippen LogP contribution is -2.13. The summed E-state index contributed by atoms with van der Waals surface area (Å²) in [5, 5.41) is 6.04. The lowest BCUT2D eigenvalue weighted by Gasteiger charge is -2.10. The SMILES string of the molecule is COc1ccccc1C(=O)Nc1ccc(Nc2nccc(-c3ccncc3)n2)cc1. The number of rotatable bonds is 6. The molecule has 0 saturated heterocycles. The number of ether oxygens (including phenoxy) is 1. The van der Waals surface area contributed by atoms with E-state index in [1.54, 1.807) is 43.9 Å². The monoisotopic (exact) mass is 397 g/mol. The van der Waals surface area contributed by atoms with Crippen LogP contribution in [-0.4, -0.2) is 28.0 Å². The van der Waals surface area contributed by atoms with Crippen LogP contribution in [0.2, 0.25) is 0 Å². The van der Waals surface area contributed by atoms with Crippen LogP contribution >= 0.6 is 0 Å². The van der Waals surface area contributed by atoms with Crippen LogP contribution in [0.4, 0.5) is 17.3 Å². The summed E-state index contributed by atoms with van der Waals surface area (Å²) in [4.78, 5) is 25.3. The topological polar surface area (TPSA) is 89.0 Å². The van der Waals surface area contributed by atoms with E-state index < -0.39 is 0 Å². The first-order valence-electron chi connectivity index (χ1n) is 9.28. The number of methoxy groups -OCH3 is 1. The highest BCUT2D eigenvalue weighted by molar-refractivity contribution is 6.06. The molecule has 0 bridgehead atoms. The van der Waals surface area contributed by atoms with Gasteiger partial charge in [-0.15, -0.1) is 0 Å². The number of carbonyl (C=O) groups excluding carboxylic acids is 1. The smallest absolute Gasteiger partial charge is 0.259 e. The maximum Gasteiger partial charge on any atom is 0.259 e. The summed E-state index contributed by atoms with van der Waals surface area (Å²) in [5.74, 6) is 0.774. The highest BCUT2D eigenvalue weighted by Crippen LogP contribution is 2.22. The quantitative estimate of drug-likeness (QED) is 0.496. The van der Waals surface area contributed by atoms with Crippen molar-refractivity contribution in [2.45, 2.75) is 0 Å². The number of nitrogens with one attached hydrogen (secondary N) is 2. The largest absolute Gasteiger partial charge is 0.496 e. The standard InChI is InChI=1S/C23H19N5O2/c1-30-21-5-3-2-4-19(21)22(29)26-17-6-8-18(9-7-17)27-23-25-15-12-20(28-23)16-10-13-24-14-11-16/h2-15H,1H3,(H,26,29)(H,25,27,28). The molecule has 0 aliphatic carbocycles. The van der Waals surface area contributed by atoms with Gasteiger partial charge in [0.05, 0.1) is 18.4 Å². The van der Waals surface area contributed by atoms with Crippen LogP contribution in [-0.2, 0) is 0 Å². The maximum absolute atomic E-state index is 12.5. The van der Waals surface area contributed by atoms with E-state index in [-0.39, 0.29) is 5.91 Å². The highest BCUT2D eigenvalue weighted by Gasteiger charge is 2.11. The Labute approximate surface area is 173 Å². The number of hydrogen-bond donors (Lipinski definition) is 2. The zero-order valence-electron chi connectivity index (χ0n) is 16.2. The number of aromatic nitrogens is 3. The number of benzene rings is 2. The molecule has 0 atom stereocenters. The van der Waals surface area contributed by atoms with E-state index in [0.717, 1.165) is 16.9 Å². The van der Waals surface area contributed by atoms with Gasteiger partial charge in [-0.2, -0.15) is 0 Å². The van der Waals surface area contributed by atoms with Gasteiger partial charge in [0.15, 0.2) is 0 Å². The Hall–Kier alpha value is -4.26. The third-order valence-corrected chi connectivity index (χ3v) is 4.38. The average Bonchev–Trinajstić information content (AvgIpc) is 2.81. The average molecular weight is 397 g/mol. The molecule has 7 nitrogen and oxygen atoms in total. The lowest BCUT2D eigenvalue weighted by atomic mass is 10.2. The second kappa shape index (κ2) is 8.83. The van der Waals surface area contributed by atoms with Crippen LogP contribution in [0.25, 0.3) is 11.3 Å². The van der Waals surface area contributed by atoms with Crippen molar-refractivity contribution < 1.29 is 9.53 Å². The Morgan fingerprint density at radius 2 is 1.60 bits per heavy atom. The molecule has 30 heavy (non-hydrogen) atoms. The van der Waals surface area contributed by atoms with E-state index in [2.05, 4.69) is 25.6 Å². The van der Waals surface area contributed by atoms with E-state index in [1.807, 2.05) is 48.5 Å². The maximum atomic E-state index is 12.5. The van der Waals surface area contributed by atoms with Crippen LogP contribution < -0.4 is 15.4 Å². The molecule has 0 unspecified atom stereocenters. The molecule has 148 valence electrons. The van der Waals surface area contributed by atoms with Crippen molar-refractivity contribution in [1.82, 2.24) is 15.0 Å². The molecule has 2 aromatic carbocycles. The fourth-order valence-electron chi connectivity index (χ4n) is 2.90. The van der Waals surface area contributed by atoms with Gasteiger partial charge >= 0.3 is 0 Å². The predicted molar refractivity (Wildman–Crippen MR) is 116 cm³/mol. The Morgan fingerprint density at radius 3 is 2.37 bits per heavy atom. The minimum absolute atomic E-state index is 0.235. The van der Waals surface area contributed by atoms with Crippen molar-refractivity contribution in [2.75, 3.05) is 17.7 Å². The highest BCUT2D eigenvalue weighted by atomic mass is 16.5. The first-order chi connectivity index (χ1) is 14.7. The Balaban J connectivity index is 1.45.